The van der Waals surface area contributed by atoms with E-state index in [-0.39, 0.29) is 5.75 Å². The van der Waals surface area contributed by atoms with Gasteiger partial charge in [0.25, 0.3) is 0 Å². The zero-order valence-corrected chi connectivity index (χ0v) is 11.0. The molecule has 0 amide bonds. The van der Waals surface area contributed by atoms with Crippen LogP contribution in [0.2, 0.25) is 0 Å². The van der Waals surface area contributed by atoms with Gasteiger partial charge in [-0.1, -0.05) is 53.4 Å². The maximum absolute atomic E-state index is 10.4. The summed E-state index contributed by atoms with van der Waals surface area (Å²) in [5.41, 5.74) is 1.16. The molecule has 7 heteroatoms. The minimum absolute atomic E-state index is 0.00726. The molecule has 2 aromatic rings. The molecule has 0 unspecified atom stereocenters. The molecule has 0 aliphatic rings. The minimum Gasteiger partial charge on any atom is -0.481 e. The molecule has 94 valence electrons. The molecule has 0 saturated carbocycles. The van der Waals surface area contributed by atoms with Crippen molar-refractivity contribution in [2.75, 3.05) is 11.1 Å². The number of nitrogens with one attached hydrogen (secondary N) is 1. The first-order valence-corrected chi connectivity index (χ1v) is 7.00. The summed E-state index contributed by atoms with van der Waals surface area (Å²) < 4.78 is 0.660. The molecule has 2 rings (SSSR count). The zero-order valence-electron chi connectivity index (χ0n) is 9.37. The maximum Gasteiger partial charge on any atom is 0.313 e. The Labute approximate surface area is 112 Å². The predicted octanol–water partition coefficient (Wildman–Crippen LogP) is 2.33. The van der Waals surface area contributed by atoms with E-state index in [1.54, 1.807) is 0 Å². The van der Waals surface area contributed by atoms with Crippen LogP contribution in [0.5, 0.6) is 0 Å². The fourth-order valence-electron chi connectivity index (χ4n) is 1.24. The topological polar surface area (TPSA) is 75.1 Å². The van der Waals surface area contributed by atoms with Crippen molar-refractivity contribution in [2.45, 2.75) is 10.9 Å². The summed E-state index contributed by atoms with van der Waals surface area (Å²) in [5.74, 6) is -0.846. The van der Waals surface area contributed by atoms with Crippen molar-refractivity contribution in [3.63, 3.8) is 0 Å². The summed E-state index contributed by atoms with van der Waals surface area (Å²) in [5, 5.41) is 20.3. The lowest BCUT2D eigenvalue weighted by molar-refractivity contribution is -0.133. The first kappa shape index (κ1) is 12.8. The van der Waals surface area contributed by atoms with Crippen molar-refractivity contribution in [3.05, 3.63) is 35.9 Å². The molecule has 1 aromatic heterocycles. The number of hydrogen-bond donors (Lipinski definition) is 2. The van der Waals surface area contributed by atoms with E-state index < -0.39 is 5.97 Å². The predicted molar refractivity (Wildman–Crippen MR) is 72.0 cm³/mol. The van der Waals surface area contributed by atoms with E-state index in [1.807, 2.05) is 30.3 Å². The van der Waals surface area contributed by atoms with Crippen LogP contribution in [0.4, 0.5) is 5.13 Å². The highest BCUT2D eigenvalue weighted by Crippen LogP contribution is 2.25. The summed E-state index contributed by atoms with van der Waals surface area (Å²) >= 11 is 2.54. The van der Waals surface area contributed by atoms with Crippen LogP contribution in [0.3, 0.4) is 0 Å². The molecule has 18 heavy (non-hydrogen) atoms. The number of anilines is 1. The van der Waals surface area contributed by atoms with E-state index in [0.717, 1.165) is 5.56 Å². The van der Waals surface area contributed by atoms with Crippen molar-refractivity contribution < 1.29 is 9.90 Å². The van der Waals surface area contributed by atoms with Gasteiger partial charge in [0.1, 0.15) is 0 Å². The van der Waals surface area contributed by atoms with Crippen LogP contribution in [0.1, 0.15) is 5.56 Å². The first-order valence-electron chi connectivity index (χ1n) is 5.20. The summed E-state index contributed by atoms with van der Waals surface area (Å²) in [6.45, 7) is 0.680. The number of thioether (sulfide) groups is 1. The summed E-state index contributed by atoms with van der Waals surface area (Å²) in [6, 6.07) is 9.97. The molecule has 0 atom stereocenters. The van der Waals surface area contributed by atoms with Gasteiger partial charge in [-0.25, -0.2) is 0 Å². The van der Waals surface area contributed by atoms with Crippen LogP contribution in [0, 0.1) is 0 Å². The second-order valence-electron chi connectivity index (χ2n) is 3.39. The molecule has 2 N–H and O–H groups in total. The zero-order chi connectivity index (χ0) is 12.8. The summed E-state index contributed by atoms with van der Waals surface area (Å²) in [7, 11) is 0. The molecule has 0 aliphatic carbocycles. The molecule has 0 bridgehead atoms. The average Bonchev–Trinajstić information content (AvgIpc) is 2.83. The third-order valence-corrected chi connectivity index (χ3v) is 4.01. The van der Waals surface area contributed by atoms with Crippen LogP contribution in [-0.4, -0.2) is 27.0 Å². The fraction of sp³-hybridized carbons (Fsp3) is 0.182. The van der Waals surface area contributed by atoms with Gasteiger partial charge >= 0.3 is 5.97 Å². The largest absolute Gasteiger partial charge is 0.481 e. The van der Waals surface area contributed by atoms with Gasteiger partial charge in [0.2, 0.25) is 5.13 Å². The minimum atomic E-state index is -0.853. The number of rotatable bonds is 6. The van der Waals surface area contributed by atoms with Gasteiger partial charge in [0.15, 0.2) is 4.34 Å². The van der Waals surface area contributed by atoms with Gasteiger partial charge < -0.3 is 10.4 Å². The van der Waals surface area contributed by atoms with Gasteiger partial charge in [-0.3, -0.25) is 4.79 Å². The van der Waals surface area contributed by atoms with Crippen LogP contribution >= 0.6 is 23.1 Å². The molecule has 0 saturated heterocycles. The van der Waals surface area contributed by atoms with E-state index in [2.05, 4.69) is 15.5 Å². The maximum atomic E-state index is 10.4. The lowest BCUT2D eigenvalue weighted by atomic mass is 10.2. The first-order chi connectivity index (χ1) is 8.74. The van der Waals surface area contributed by atoms with Crippen LogP contribution < -0.4 is 5.32 Å². The van der Waals surface area contributed by atoms with Gasteiger partial charge in [-0.05, 0) is 5.56 Å². The number of hydrogen-bond acceptors (Lipinski definition) is 6. The van der Waals surface area contributed by atoms with Gasteiger partial charge in [-0.15, -0.1) is 10.2 Å². The van der Waals surface area contributed by atoms with Crippen LogP contribution in [-0.2, 0) is 11.3 Å². The van der Waals surface area contributed by atoms with Gasteiger partial charge in [-0.2, -0.15) is 0 Å². The Bertz CT molecular complexity index is 516. The Hall–Kier alpha value is -1.60. The third kappa shape index (κ3) is 4.01. The highest BCUT2D eigenvalue weighted by atomic mass is 32.2. The smallest absolute Gasteiger partial charge is 0.313 e. The molecule has 0 aliphatic heterocycles. The number of carboxylic acids is 1. The van der Waals surface area contributed by atoms with E-state index in [9.17, 15) is 4.79 Å². The fourth-order valence-corrected chi connectivity index (χ4v) is 2.70. The lowest BCUT2D eigenvalue weighted by Gasteiger charge is -2.00. The Balaban J connectivity index is 1.85. The van der Waals surface area contributed by atoms with Gasteiger partial charge in [0, 0.05) is 6.54 Å². The standard InChI is InChI=1S/C11H11N3O2S2/c15-9(16)7-17-11-14-13-10(18-11)12-6-8-4-2-1-3-5-8/h1-5H,6-7H2,(H,12,13)(H,15,16). The second kappa shape index (κ2) is 6.36. The number of carbonyl (C=O) groups is 1. The van der Waals surface area contributed by atoms with E-state index >= 15 is 0 Å². The molecule has 1 heterocycles. The number of benzene rings is 1. The number of carboxylic acid groups (broad SMARTS) is 1. The molecule has 0 spiro atoms. The highest BCUT2D eigenvalue weighted by molar-refractivity contribution is 8.01. The molecule has 0 fully saturated rings. The van der Waals surface area contributed by atoms with Gasteiger partial charge in [0.05, 0.1) is 5.75 Å². The quantitative estimate of drug-likeness (QED) is 0.792. The van der Waals surface area contributed by atoms with E-state index in [4.69, 9.17) is 5.11 Å². The molecule has 5 nitrogen and oxygen atoms in total. The average molecular weight is 281 g/mol. The molecule has 0 radical (unpaired) electrons. The molecule has 1 aromatic carbocycles. The monoisotopic (exact) mass is 281 g/mol. The van der Waals surface area contributed by atoms with E-state index in [0.29, 0.717) is 16.0 Å². The van der Waals surface area contributed by atoms with Crippen molar-refractivity contribution >= 4 is 34.2 Å². The lowest BCUT2D eigenvalue weighted by Crippen LogP contribution is -1.98. The van der Waals surface area contributed by atoms with Crippen molar-refractivity contribution in [1.82, 2.24) is 10.2 Å². The highest BCUT2D eigenvalue weighted by Gasteiger charge is 2.06. The normalized spacial score (nSPS) is 10.2. The Kier molecular flexibility index (Phi) is 4.54. The molecular formula is C11H11N3O2S2. The summed E-state index contributed by atoms with van der Waals surface area (Å²) in [6.07, 6.45) is 0. The Morgan fingerprint density at radius 1 is 1.33 bits per heavy atom. The van der Waals surface area contributed by atoms with Crippen LogP contribution in [0.15, 0.2) is 34.7 Å². The van der Waals surface area contributed by atoms with E-state index in [1.165, 1.54) is 23.1 Å². The number of aliphatic carboxylic acids is 1. The van der Waals surface area contributed by atoms with Crippen LogP contribution in [0.25, 0.3) is 0 Å². The van der Waals surface area contributed by atoms with Crippen molar-refractivity contribution in [2.24, 2.45) is 0 Å². The Morgan fingerprint density at radius 2 is 2.11 bits per heavy atom. The van der Waals surface area contributed by atoms with Crippen molar-refractivity contribution in [1.29, 1.82) is 0 Å². The molecular weight excluding hydrogens is 270 g/mol. The Morgan fingerprint density at radius 3 is 2.83 bits per heavy atom. The third-order valence-electron chi connectivity index (χ3n) is 2.01. The summed E-state index contributed by atoms with van der Waals surface area (Å²) in [4.78, 5) is 10.4. The van der Waals surface area contributed by atoms with Crippen molar-refractivity contribution in [3.8, 4) is 0 Å². The number of nitrogens with zero attached hydrogens (tertiary/aromatic N) is 2. The second-order valence-corrected chi connectivity index (χ2v) is 5.59. The SMILES string of the molecule is O=C(O)CSc1nnc(NCc2ccccc2)s1. The number of aromatic nitrogens is 2.